The topological polar surface area (TPSA) is 30.7 Å². The summed E-state index contributed by atoms with van der Waals surface area (Å²) in [5.41, 5.74) is 2.74. The molecule has 1 aliphatic carbocycles. The van der Waals surface area contributed by atoms with E-state index in [2.05, 4.69) is 19.6 Å². The summed E-state index contributed by atoms with van der Waals surface area (Å²) >= 11 is 0. The summed E-state index contributed by atoms with van der Waals surface area (Å²) in [6, 6.07) is 0. The Bertz CT molecular complexity index is 394. The lowest BCUT2D eigenvalue weighted by Crippen LogP contribution is -3.13. The number of hydrogen-bond acceptors (Lipinski definition) is 2. The predicted molar refractivity (Wildman–Crippen MR) is 85.2 cm³/mol. The van der Waals surface area contributed by atoms with E-state index in [0.717, 1.165) is 25.9 Å². The van der Waals surface area contributed by atoms with Crippen molar-refractivity contribution in [2.75, 3.05) is 26.2 Å². The van der Waals surface area contributed by atoms with Crippen LogP contribution in [0.25, 0.3) is 0 Å². The minimum atomic E-state index is -0.0425. The van der Waals surface area contributed by atoms with Gasteiger partial charge in [0, 0.05) is 6.42 Å². The van der Waals surface area contributed by atoms with E-state index in [1.807, 2.05) is 0 Å². The van der Waals surface area contributed by atoms with Crippen molar-refractivity contribution in [2.45, 2.75) is 51.9 Å². The normalized spacial score (nSPS) is 23.5. The number of allylic oxidation sites excluding steroid dienone is 2. The highest BCUT2D eigenvalue weighted by molar-refractivity contribution is 5.70. The molecule has 1 saturated heterocycles. The molecule has 0 aromatic rings. The third-order valence-corrected chi connectivity index (χ3v) is 4.86. The monoisotopic (exact) mass is 292 g/mol. The molecule has 3 nitrogen and oxygen atoms in total. The first-order chi connectivity index (χ1) is 10.1. The lowest BCUT2D eigenvalue weighted by Gasteiger charge is -2.23. The van der Waals surface area contributed by atoms with E-state index in [-0.39, 0.29) is 5.97 Å². The number of carbonyl (C=O) groups excluding carboxylic acids is 1. The van der Waals surface area contributed by atoms with Gasteiger partial charge in [-0.1, -0.05) is 23.8 Å². The molecular weight excluding hydrogens is 262 g/mol. The minimum Gasteiger partial charge on any atom is -0.461 e. The van der Waals surface area contributed by atoms with Gasteiger partial charge in [0.2, 0.25) is 0 Å². The van der Waals surface area contributed by atoms with E-state index >= 15 is 0 Å². The molecule has 2 aliphatic rings. The Labute approximate surface area is 129 Å². The van der Waals surface area contributed by atoms with Gasteiger partial charge in [0.1, 0.15) is 0 Å². The Morgan fingerprint density at radius 2 is 2.14 bits per heavy atom. The Balaban J connectivity index is 1.60. The smallest absolute Gasteiger partial charge is 0.361 e. The first-order valence-electron chi connectivity index (χ1n) is 8.47. The van der Waals surface area contributed by atoms with E-state index in [4.69, 9.17) is 4.74 Å². The van der Waals surface area contributed by atoms with Crippen molar-refractivity contribution in [3.63, 3.8) is 0 Å². The number of nitrogens with one attached hydrogen (secondary N) is 1. The van der Waals surface area contributed by atoms with Gasteiger partial charge in [0.05, 0.1) is 19.7 Å². The van der Waals surface area contributed by atoms with E-state index < -0.39 is 0 Å². The van der Waals surface area contributed by atoms with Crippen molar-refractivity contribution >= 4 is 5.97 Å². The minimum absolute atomic E-state index is 0.0425. The quantitative estimate of drug-likeness (QED) is 0.601. The average Bonchev–Trinajstić information content (AvgIpc) is 2.49. The van der Waals surface area contributed by atoms with Crippen LogP contribution < -0.4 is 4.90 Å². The molecule has 0 amide bonds. The number of hydrogen-bond donors (Lipinski definition) is 1. The zero-order valence-electron chi connectivity index (χ0n) is 13.5. The average molecular weight is 292 g/mol. The number of rotatable bonds is 6. The summed E-state index contributed by atoms with van der Waals surface area (Å²) in [6.07, 6.45) is 10.4. The molecule has 3 heteroatoms. The van der Waals surface area contributed by atoms with Crippen LogP contribution in [0, 0.1) is 5.92 Å². The van der Waals surface area contributed by atoms with Gasteiger partial charge in [-0.05, 0) is 51.4 Å². The molecule has 21 heavy (non-hydrogen) atoms. The summed E-state index contributed by atoms with van der Waals surface area (Å²) < 4.78 is 5.39. The van der Waals surface area contributed by atoms with Crippen LogP contribution in [0.4, 0.5) is 0 Å². The van der Waals surface area contributed by atoms with Gasteiger partial charge < -0.3 is 9.64 Å². The fraction of sp³-hybridized carbons (Fsp3) is 0.722. The maximum Gasteiger partial charge on any atom is 0.361 e. The Hall–Kier alpha value is -1.09. The molecule has 1 atom stereocenters. The van der Waals surface area contributed by atoms with Crippen molar-refractivity contribution in [3.05, 3.63) is 23.8 Å². The van der Waals surface area contributed by atoms with Crippen molar-refractivity contribution in [1.29, 1.82) is 0 Å². The molecule has 0 aromatic heterocycles. The number of quaternary nitrogens is 1. The molecule has 2 rings (SSSR count). The second kappa shape index (κ2) is 8.38. The molecule has 0 bridgehead atoms. The SMILES string of the molecule is C=C(CCOC(=O)C[NH+]1CCCCC1)C1CC=C(C)CC1. The number of piperidine rings is 1. The standard InChI is InChI=1S/C18H29NO2/c1-15-6-8-17(9-7-15)16(2)10-13-21-18(20)14-19-11-4-3-5-12-19/h6,17H,2-5,7-14H2,1H3/p+1. The highest BCUT2D eigenvalue weighted by Crippen LogP contribution is 2.29. The van der Waals surface area contributed by atoms with Crippen LogP contribution >= 0.6 is 0 Å². The molecule has 0 aromatic carbocycles. The van der Waals surface area contributed by atoms with Crippen molar-refractivity contribution in [2.24, 2.45) is 5.92 Å². The van der Waals surface area contributed by atoms with Gasteiger partial charge in [-0.25, -0.2) is 4.79 Å². The summed E-state index contributed by atoms with van der Waals surface area (Å²) in [7, 11) is 0. The fourth-order valence-electron chi connectivity index (χ4n) is 3.32. The molecule has 0 radical (unpaired) electrons. The second-order valence-electron chi connectivity index (χ2n) is 6.64. The van der Waals surface area contributed by atoms with Gasteiger partial charge in [-0.3, -0.25) is 0 Å². The summed E-state index contributed by atoms with van der Waals surface area (Å²) in [4.78, 5) is 13.2. The predicted octanol–water partition coefficient (Wildman–Crippen LogP) is 2.29. The highest BCUT2D eigenvalue weighted by Gasteiger charge is 2.19. The molecule has 1 fully saturated rings. The van der Waals surface area contributed by atoms with Crippen molar-refractivity contribution in [1.82, 2.24) is 0 Å². The number of esters is 1. The van der Waals surface area contributed by atoms with Gasteiger partial charge in [0.15, 0.2) is 6.54 Å². The highest BCUT2D eigenvalue weighted by atomic mass is 16.5. The van der Waals surface area contributed by atoms with Crippen LogP contribution in [0.15, 0.2) is 23.8 Å². The Kier molecular flexibility index (Phi) is 6.50. The summed E-state index contributed by atoms with van der Waals surface area (Å²) in [5.74, 6) is 0.541. The van der Waals surface area contributed by atoms with Crippen LogP contribution in [0.1, 0.15) is 51.9 Å². The van der Waals surface area contributed by atoms with Crippen LogP contribution in [0.3, 0.4) is 0 Å². The Morgan fingerprint density at radius 1 is 1.38 bits per heavy atom. The first kappa shape index (κ1) is 16.3. The molecular formula is C18H30NO2+. The van der Waals surface area contributed by atoms with Gasteiger partial charge in [-0.2, -0.15) is 0 Å². The van der Waals surface area contributed by atoms with Crippen LogP contribution in [0.2, 0.25) is 0 Å². The maximum atomic E-state index is 11.8. The zero-order valence-corrected chi connectivity index (χ0v) is 13.5. The van der Waals surface area contributed by atoms with E-state index in [1.54, 1.807) is 0 Å². The lowest BCUT2D eigenvalue weighted by atomic mass is 9.84. The van der Waals surface area contributed by atoms with Gasteiger partial charge in [-0.15, -0.1) is 0 Å². The van der Waals surface area contributed by atoms with Gasteiger partial charge >= 0.3 is 5.97 Å². The molecule has 0 saturated carbocycles. The van der Waals surface area contributed by atoms with Crippen LogP contribution in [-0.2, 0) is 9.53 Å². The van der Waals surface area contributed by atoms with E-state index in [0.29, 0.717) is 19.1 Å². The molecule has 118 valence electrons. The number of ether oxygens (including phenoxy) is 1. The third kappa shape index (κ3) is 5.66. The zero-order chi connectivity index (χ0) is 15.1. The van der Waals surface area contributed by atoms with Crippen LogP contribution in [-0.4, -0.2) is 32.2 Å². The van der Waals surface area contributed by atoms with Crippen molar-refractivity contribution < 1.29 is 14.4 Å². The summed E-state index contributed by atoms with van der Waals surface area (Å²) in [6.45, 7) is 9.67. The van der Waals surface area contributed by atoms with Gasteiger partial charge in [0.25, 0.3) is 0 Å². The van der Waals surface area contributed by atoms with Crippen LogP contribution in [0.5, 0.6) is 0 Å². The van der Waals surface area contributed by atoms with E-state index in [1.165, 1.54) is 48.2 Å². The number of likely N-dealkylation sites (tertiary alicyclic amines) is 1. The molecule has 1 aliphatic heterocycles. The molecule has 1 heterocycles. The summed E-state index contributed by atoms with van der Waals surface area (Å²) in [5, 5.41) is 0. The molecule has 1 unspecified atom stereocenters. The van der Waals surface area contributed by atoms with E-state index in [9.17, 15) is 4.79 Å². The maximum absolute atomic E-state index is 11.8. The first-order valence-corrected chi connectivity index (χ1v) is 8.47. The molecule has 0 spiro atoms. The number of carbonyl (C=O) groups is 1. The largest absolute Gasteiger partial charge is 0.461 e. The fourth-order valence-corrected chi connectivity index (χ4v) is 3.32. The Morgan fingerprint density at radius 3 is 2.81 bits per heavy atom. The molecule has 1 N–H and O–H groups in total. The third-order valence-electron chi connectivity index (χ3n) is 4.86. The van der Waals surface area contributed by atoms with Crippen molar-refractivity contribution in [3.8, 4) is 0 Å². The lowest BCUT2D eigenvalue weighted by molar-refractivity contribution is -0.897. The second-order valence-corrected chi connectivity index (χ2v) is 6.64.